The fourth-order valence-electron chi connectivity index (χ4n) is 2.60. The first-order valence-electron chi connectivity index (χ1n) is 7.23. The van der Waals surface area contributed by atoms with Crippen LogP contribution in [-0.2, 0) is 0 Å². The molecule has 2 aromatic rings. The molecule has 1 amide bonds. The SMILES string of the molecule is Nc1ccc(C(=O)N[C@H]2CCSc3ccc(Cl)cc32)cc1[N+](=O)[O-]. The van der Waals surface area contributed by atoms with E-state index in [1.165, 1.54) is 18.2 Å². The van der Waals surface area contributed by atoms with Gasteiger partial charge in [0.2, 0.25) is 0 Å². The van der Waals surface area contributed by atoms with Crippen molar-refractivity contribution in [2.24, 2.45) is 0 Å². The van der Waals surface area contributed by atoms with Gasteiger partial charge >= 0.3 is 0 Å². The van der Waals surface area contributed by atoms with E-state index in [0.717, 1.165) is 22.6 Å². The van der Waals surface area contributed by atoms with Gasteiger partial charge in [-0.05, 0) is 42.3 Å². The van der Waals surface area contributed by atoms with Crippen molar-refractivity contribution in [1.29, 1.82) is 0 Å². The molecule has 8 heteroatoms. The highest BCUT2D eigenvalue weighted by Crippen LogP contribution is 2.37. The van der Waals surface area contributed by atoms with Crippen molar-refractivity contribution in [3.05, 3.63) is 62.7 Å². The van der Waals surface area contributed by atoms with E-state index in [-0.39, 0.29) is 28.9 Å². The smallest absolute Gasteiger partial charge is 0.292 e. The number of carbonyl (C=O) groups excluding carboxylic acids is 1. The number of nitrogens with zero attached hydrogens (tertiary/aromatic N) is 1. The fourth-order valence-corrected chi connectivity index (χ4v) is 3.89. The van der Waals surface area contributed by atoms with Gasteiger partial charge in [-0.3, -0.25) is 14.9 Å². The van der Waals surface area contributed by atoms with Gasteiger partial charge in [0.15, 0.2) is 0 Å². The summed E-state index contributed by atoms with van der Waals surface area (Å²) in [5.74, 6) is 0.502. The Morgan fingerprint density at radius 2 is 2.12 bits per heavy atom. The molecule has 0 fully saturated rings. The second-order valence-corrected chi connectivity index (χ2v) is 6.95. The molecule has 2 aromatic carbocycles. The number of hydrogen-bond acceptors (Lipinski definition) is 5. The lowest BCUT2D eigenvalue weighted by molar-refractivity contribution is -0.383. The summed E-state index contributed by atoms with van der Waals surface area (Å²) < 4.78 is 0. The van der Waals surface area contributed by atoms with Gasteiger partial charge in [0, 0.05) is 27.3 Å². The molecular formula is C16H14ClN3O3S. The Bertz CT molecular complexity index is 828. The Morgan fingerprint density at radius 1 is 1.33 bits per heavy atom. The van der Waals surface area contributed by atoms with E-state index in [4.69, 9.17) is 17.3 Å². The third-order valence-electron chi connectivity index (χ3n) is 3.81. The van der Waals surface area contributed by atoms with Crippen molar-refractivity contribution in [3.8, 4) is 0 Å². The zero-order chi connectivity index (χ0) is 17.3. The van der Waals surface area contributed by atoms with Crippen LogP contribution in [0.3, 0.4) is 0 Å². The van der Waals surface area contributed by atoms with Crippen molar-refractivity contribution in [3.63, 3.8) is 0 Å². The van der Waals surface area contributed by atoms with Gasteiger partial charge in [-0.2, -0.15) is 0 Å². The Hall–Kier alpha value is -2.25. The molecule has 3 rings (SSSR count). The standard InChI is InChI=1S/C16H14ClN3O3S/c17-10-2-4-15-11(8-10)13(5-6-24-15)19-16(21)9-1-3-12(18)14(7-9)20(22)23/h1-4,7-8,13H,5-6,18H2,(H,19,21)/t13-/m0/s1. The third kappa shape index (κ3) is 3.32. The van der Waals surface area contributed by atoms with E-state index in [2.05, 4.69) is 5.32 Å². The first kappa shape index (κ1) is 16.6. The van der Waals surface area contributed by atoms with Crippen LogP contribution in [-0.4, -0.2) is 16.6 Å². The van der Waals surface area contributed by atoms with Crippen LogP contribution in [0.2, 0.25) is 5.02 Å². The normalized spacial score (nSPS) is 16.3. The largest absolute Gasteiger partial charge is 0.393 e. The number of rotatable bonds is 3. The number of nitro benzene ring substituents is 1. The van der Waals surface area contributed by atoms with E-state index in [1.54, 1.807) is 11.8 Å². The average molecular weight is 364 g/mol. The maximum atomic E-state index is 12.5. The number of nitrogens with one attached hydrogen (secondary N) is 1. The summed E-state index contributed by atoms with van der Waals surface area (Å²) in [7, 11) is 0. The highest BCUT2D eigenvalue weighted by Gasteiger charge is 2.24. The number of hydrogen-bond donors (Lipinski definition) is 2. The van der Waals surface area contributed by atoms with E-state index in [1.807, 2.05) is 18.2 Å². The maximum Gasteiger partial charge on any atom is 0.292 e. The molecule has 124 valence electrons. The molecule has 0 bridgehead atoms. The number of carbonyl (C=O) groups is 1. The van der Waals surface area contributed by atoms with E-state index < -0.39 is 4.92 Å². The Morgan fingerprint density at radius 3 is 2.88 bits per heavy atom. The van der Waals surface area contributed by atoms with Gasteiger partial charge in [-0.15, -0.1) is 11.8 Å². The lowest BCUT2D eigenvalue weighted by Gasteiger charge is -2.26. The predicted octanol–water partition coefficient (Wildman–Crippen LogP) is 3.80. The first-order chi connectivity index (χ1) is 11.5. The molecule has 1 aliphatic rings. The highest BCUT2D eigenvalue weighted by molar-refractivity contribution is 7.99. The third-order valence-corrected chi connectivity index (χ3v) is 5.16. The summed E-state index contributed by atoms with van der Waals surface area (Å²) in [6.07, 6.45) is 0.765. The molecular weight excluding hydrogens is 350 g/mol. The molecule has 0 aliphatic carbocycles. The number of benzene rings is 2. The summed E-state index contributed by atoms with van der Waals surface area (Å²) in [6.45, 7) is 0. The number of nitrogens with two attached hydrogens (primary N) is 1. The number of anilines is 1. The van der Waals surface area contributed by atoms with Crippen molar-refractivity contribution in [2.45, 2.75) is 17.4 Å². The van der Waals surface area contributed by atoms with Gasteiger partial charge in [0.25, 0.3) is 11.6 Å². The molecule has 0 saturated heterocycles. The summed E-state index contributed by atoms with van der Waals surface area (Å²) in [4.78, 5) is 23.9. The predicted molar refractivity (Wildman–Crippen MR) is 94.5 cm³/mol. The average Bonchev–Trinajstić information content (AvgIpc) is 2.55. The van der Waals surface area contributed by atoms with Crippen molar-refractivity contribution in [2.75, 3.05) is 11.5 Å². The molecule has 0 aromatic heterocycles. The number of halogens is 1. The molecule has 0 saturated carbocycles. The lowest BCUT2D eigenvalue weighted by Crippen LogP contribution is -2.30. The van der Waals surface area contributed by atoms with Crippen molar-refractivity contribution >= 4 is 40.6 Å². The van der Waals surface area contributed by atoms with Crippen LogP contribution >= 0.6 is 23.4 Å². The minimum Gasteiger partial charge on any atom is -0.393 e. The van der Waals surface area contributed by atoms with Gasteiger partial charge in [0.1, 0.15) is 5.69 Å². The number of nitrogen functional groups attached to an aromatic ring is 1. The first-order valence-corrected chi connectivity index (χ1v) is 8.59. The lowest BCUT2D eigenvalue weighted by atomic mass is 10.0. The van der Waals surface area contributed by atoms with Gasteiger partial charge in [-0.25, -0.2) is 0 Å². The molecule has 6 nitrogen and oxygen atoms in total. The summed E-state index contributed by atoms with van der Waals surface area (Å²) >= 11 is 7.77. The topological polar surface area (TPSA) is 98.3 Å². The quantitative estimate of drug-likeness (QED) is 0.491. The van der Waals surface area contributed by atoms with Crippen LogP contribution in [0.25, 0.3) is 0 Å². The van der Waals surface area contributed by atoms with Crippen LogP contribution < -0.4 is 11.1 Å². The van der Waals surface area contributed by atoms with E-state index in [9.17, 15) is 14.9 Å². The van der Waals surface area contributed by atoms with Crippen LogP contribution in [0.4, 0.5) is 11.4 Å². The maximum absolute atomic E-state index is 12.5. The van der Waals surface area contributed by atoms with E-state index >= 15 is 0 Å². The molecule has 1 atom stereocenters. The van der Waals surface area contributed by atoms with Gasteiger partial charge < -0.3 is 11.1 Å². The highest BCUT2D eigenvalue weighted by atomic mass is 35.5. The molecule has 0 radical (unpaired) electrons. The van der Waals surface area contributed by atoms with Crippen LogP contribution in [0.1, 0.15) is 28.4 Å². The molecule has 24 heavy (non-hydrogen) atoms. The second kappa shape index (κ2) is 6.70. The zero-order valence-corrected chi connectivity index (χ0v) is 14.1. The number of amides is 1. The van der Waals surface area contributed by atoms with Gasteiger partial charge in [0.05, 0.1) is 11.0 Å². The minimum absolute atomic E-state index is 0.0303. The Kier molecular flexibility index (Phi) is 4.64. The van der Waals surface area contributed by atoms with Crippen LogP contribution in [0, 0.1) is 10.1 Å². The fraction of sp³-hybridized carbons (Fsp3) is 0.188. The number of nitro groups is 1. The summed E-state index contributed by atoms with van der Waals surface area (Å²) in [5, 5.41) is 14.5. The number of thioether (sulfide) groups is 1. The van der Waals surface area contributed by atoms with Crippen LogP contribution in [0.5, 0.6) is 0 Å². The Balaban J connectivity index is 1.85. The summed E-state index contributed by atoms with van der Waals surface area (Å²) in [6, 6.07) is 9.47. The minimum atomic E-state index is -0.599. The number of fused-ring (bicyclic) bond motifs is 1. The zero-order valence-electron chi connectivity index (χ0n) is 12.5. The van der Waals surface area contributed by atoms with Gasteiger partial charge in [-0.1, -0.05) is 11.6 Å². The molecule has 1 aliphatic heterocycles. The van der Waals surface area contributed by atoms with Crippen molar-refractivity contribution in [1.82, 2.24) is 5.32 Å². The monoisotopic (exact) mass is 363 g/mol. The second-order valence-electron chi connectivity index (χ2n) is 5.38. The molecule has 3 N–H and O–H groups in total. The molecule has 1 heterocycles. The molecule has 0 spiro atoms. The van der Waals surface area contributed by atoms with Crippen molar-refractivity contribution < 1.29 is 9.72 Å². The van der Waals surface area contributed by atoms with E-state index in [0.29, 0.717) is 5.02 Å². The Labute approximate surface area is 147 Å². The summed E-state index contributed by atoms with van der Waals surface area (Å²) in [5.41, 5.74) is 6.50. The molecule has 0 unspecified atom stereocenters. The van der Waals surface area contributed by atoms with Crippen LogP contribution in [0.15, 0.2) is 41.3 Å².